The van der Waals surface area contributed by atoms with E-state index in [0.29, 0.717) is 0 Å². The Morgan fingerprint density at radius 3 is 2.45 bits per heavy atom. The van der Waals surface area contributed by atoms with E-state index < -0.39 is 0 Å². The van der Waals surface area contributed by atoms with Gasteiger partial charge in [-0.1, -0.05) is 26.2 Å². The second-order valence-electron chi connectivity index (χ2n) is 2.66. The van der Waals surface area contributed by atoms with E-state index in [1.54, 1.807) is 6.92 Å². The lowest BCUT2D eigenvalue weighted by Crippen LogP contribution is -2.21. The van der Waals surface area contributed by atoms with Gasteiger partial charge in [0.1, 0.15) is 0 Å². The molecule has 0 bridgehead atoms. The molecule has 0 aliphatic heterocycles. The topological polar surface area (TPSA) is 52.9 Å². The molecule has 0 amide bonds. The predicted molar refractivity (Wildman–Crippen MR) is 40.1 cm³/mol. The molecule has 4 heteroatoms. The quantitative estimate of drug-likeness (QED) is 0.464. The lowest BCUT2D eigenvalue weighted by atomic mass is 10.1. The standard InChI is InChI=1S/C7H17NO3/c1-3-4-5-6-7(2)11-8(9)10/h7,9-10H,3-6H2,1-2H3/t7-/m1/s1. The minimum atomic E-state index is -0.226. The highest BCUT2D eigenvalue weighted by atomic mass is 17.1. The van der Waals surface area contributed by atoms with E-state index >= 15 is 0 Å². The molecule has 0 aliphatic rings. The minimum Gasteiger partial charge on any atom is -0.266 e. The molecule has 0 aromatic heterocycles. The van der Waals surface area contributed by atoms with Gasteiger partial charge in [0.15, 0.2) is 0 Å². The molecule has 0 aliphatic carbocycles. The third-order valence-electron chi connectivity index (χ3n) is 1.49. The summed E-state index contributed by atoms with van der Waals surface area (Å²) in [5, 5.41) is 16.3. The summed E-state index contributed by atoms with van der Waals surface area (Å²) >= 11 is 0. The van der Waals surface area contributed by atoms with Gasteiger partial charge in [0.05, 0.1) is 11.5 Å². The molecule has 1 atom stereocenters. The van der Waals surface area contributed by atoms with Crippen molar-refractivity contribution < 1.29 is 15.3 Å². The lowest BCUT2D eigenvalue weighted by Gasteiger charge is -2.13. The minimum absolute atomic E-state index is 0.128. The second kappa shape index (κ2) is 6.54. The van der Waals surface area contributed by atoms with Crippen LogP contribution in [0, 0.1) is 0 Å². The molecule has 0 saturated carbocycles. The molecule has 11 heavy (non-hydrogen) atoms. The largest absolute Gasteiger partial charge is 0.266 e. The highest BCUT2D eigenvalue weighted by molar-refractivity contribution is 4.48. The van der Waals surface area contributed by atoms with Crippen molar-refractivity contribution in [3.05, 3.63) is 0 Å². The van der Waals surface area contributed by atoms with Crippen LogP contribution in [0.5, 0.6) is 0 Å². The van der Waals surface area contributed by atoms with Crippen molar-refractivity contribution >= 4 is 0 Å². The molecule has 0 heterocycles. The van der Waals surface area contributed by atoms with Gasteiger partial charge in [-0.05, 0) is 13.3 Å². The third-order valence-corrected chi connectivity index (χ3v) is 1.49. The molecule has 0 aromatic rings. The average molecular weight is 163 g/mol. The van der Waals surface area contributed by atoms with Crippen molar-refractivity contribution in [3.8, 4) is 0 Å². The summed E-state index contributed by atoms with van der Waals surface area (Å²) in [4.78, 5) is 4.54. The first-order valence-corrected chi connectivity index (χ1v) is 4.01. The Labute approximate surface area is 67.3 Å². The first kappa shape index (κ1) is 10.8. The summed E-state index contributed by atoms with van der Waals surface area (Å²) in [5.41, 5.74) is 0. The van der Waals surface area contributed by atoms with Gasteiger partial charge in [-0.15, -0.1) is 0 Å². The van der Waals surface area contributed by atoms with Crippen molar-refractivity contribution in [3.63, 3.8) is 0 Å². The van der Waals surface area contributed by atoms with Crippen LogP contribution in [0.3, 0.4) is 0 Å². The maximum absolute atomic E-state index is 8.25. The van der Waals surface area contributed by atoms with Crippen LogP contribution in [0.15, 0.2) is 0 Å². The Kier molecular flexibility index (Phi) is 6.45. The molecule has 2 N–H and O–H groups in total. The summed E-state index contributed by atoms with van der Waals surface area (Å²) in [5.74, 6) is 0. The van der Waals surface area contributed by atoms with Crippen LogP contribution in [-0.2, 0) is 4.84 Å². The van der Waals surface area contributed by atoms with Crippen molar-refractivity contribution in [2.45, 2.75) is 45.6 Å². The Morgan fingerprint density at radius 2 is 2.00 bits per heavy atom. The highest BCUT2D eigenvalue weighted by Gasteiger charge is 2.04. The van der Waals surface area contributed by atoms with Crippen LogP contribution >= 0.6 is 0 Å². The zero-order valence-electron chi connectivity index (χ0n) is 7.16. The number of unbranched alkanes of at least 4 members (excludes halogenated alkanes) is 2. The SMILES string of the molecule is CCCCC[C@@H](C)ON(O)O. The monoisotopic (exact) mass is 163 g/mol. The van der Waals surface area contributed by atoms with Gasteiger partial charge in [0.25, 0.3) is 0 Å². The second-order valence-corrected chi connectivity index (χ2v) is 2.66. The summed E-state index contributed by atoms with van der Waals surface area (Å²) in [7, 11) is 0. The maximum Gasteiger partial charge on any atom is 0.0816 e. The molecule has 0 aromatic carbocycles. The molecule has 4 nitrogen and oxygen atoms in total. The Hall–Kier alpha value is -0.160. The predicted octanol–water partition coefficient (Wildman–Crippen LogP) is 1.97. The van der Waals surface area contributed by atoms with Gasteiger partial charge >= 0.3 is 0 Å². The highest BCUT2D eigenvalue weighted by Crippen LogP contribution is 2.05. The molecule has 0 spiro atoms. The van der Waals surface area contributed by atoms with Crippen molar-refractivity contribution in [1.82, 2.24) is 5.39 Å². The van der Waals surface area contributed by atoms with E-state index in [4.69, 9.17) is 10.4 Å². The Bertz CT molecular complexity index is 87.8. The van der Waals surface area contributed by atoms with E-state index in [2.05, 4.69) is 11.8 Å². The number of nitrogens with zero attached hydrogens (tertiary/aromatic N) is 1. The van der Waals surface area contributed by atoms with Crippen molar-refractivity contribution in [1.29, 1.82) is 0 Å². The fourth-order valence-electron chi connectivity index (χ4n) is 0.895. The lowest BCUT2D eigenvalue weighted by molar-refractivity contribution is -0.503. The zero-order chi connectivity index (χ0) is 8.69. The third kappa shape index (κ3) is 7.74. The normalized spacial score (nSPS) is 13.9. The molecule has 0 radical (unpaired) electrons. The Morgan fingerprint density at radius 1 is 1.36 bits per heavy atom. The summed E-state index contributed by atoms with van der Waals surface area (Å²) in [6.07, 6.45) is 4.10. The van der Waals surface area contributed by atoms with Crippen molar-refractivity contribution in [2.75, 3.05) is 0 Å². The summed E-state index contributed by atoms with van der Waals surface area (Å²) < 4.78 is 0. The first-order chi connectivity index (χ1) is 5.16. The van der Waals surface area contributed by atoms with Crippen LogP contribution in [0.1, 0.15) is 39.5 Å². The molecule has 0 fully saturated rings. The molecule has 0 unspecified atom stereocenters. The van der Waals surface area contributed by atoms with E-state index in [0.717, 1.165) is 25.7 Å². The summed E-state index contributed by atoms with van der Waals surface area (Å²) in [6, 6.07) is 0. The van der Waals surface area contributed by atoms with Crippen LogP contribution in [0.25, 0.3) is 0 Å². The van der Waals surface area contributed by atoms with Crippen molar-refractivity contribution in [2.24, 2.45) is 0 Å². The molecular weight excluding hydrogens is 146 g/mol. The Balaban J connectivity index is 3.15. The molecule has 68 valence electrons. The number of hydrogen-bond donors (Lipinski definition) is 2. The van der Waals surface area contributed by atoms with Gasteiger partial charge in [0.2, 0.25) is 0 Å². The van der Waals surface area contributed by atoms with E-state index in [9.17, 15) is 0 Å². The zero-order valence-corrected chi connectivity index (χ0v) is 7.16. The number of rotatable bonds is 6. The molecule has 0 saturated heterocycles. The van der Waals surface area contributed by atoms with E-state index in [1.807, 2.05) is 0 Å². The maximum atomic E-state index is 8.25. The molecule has 0 rings (SSSR count). The van der Waals surface area contributed by atoms with Gasteiger partial charge in [-0.2, -0.15) is 0 Å². The van der Waals surface area contributed by atoms with Gasteiger partial charge in [-0.3, -0.25) is 10.4 Å². The molecular formula is C7H17NO3. The van der Waals surface area contributed by atoms with Gasteiger partial charge in [0, 0.05) is 0 Å². The smallest absolute Gasteiger partial charge is 0.0816 e. The first-order valence-electron chi connectivity index (χ1n) is 4.01. The fourth-order valence-corrected chi connectivity index (χ4v) is 0.895. The van der Waals surface area contributed by atoms with Crippen LogP contribution in [0.4, 0.5) is 0 Å². The number of hydrogen-bond acceptors (Lipinski definition) is 4. The van der Waals surface area contributed by atoms with E-state index in [-0.39, 0.29) is 11.5 Å². The van der Waals surface area contributed by atoms with Crippen LogP contribution in [-0.4, -0.2) is 21.9 Å². The van der Waals surface area contributed by atoms with Crippen LogP contribution < -0.4 is 0 Å². The van der Waals surface area contributed by atoms with E-state index in [1.165, 1.54) is 0 Å². The fraction of sp³-hybridized carbons (Fsp3) is 1.00. The van der Waals surface area contributed by atoms with Gasteiger partial charge < -0.3 is 0 Å². The van der Waals surface area contributed by atoms with Gasteiger partial charge in [-0.25, -0.2) is 4.84 Å². The van der Waals surface area contributed by atoms with Crippen LogP contribution in [0.2, 0.25) is 0 Å². The summed E-state index contributed by atoms with van der Waals surface area (Å²) in [6.45, 7) is 3.92. The average Bonchev–Trinajstić information content (AvgIpc) is 1.86.